The first-order chi connectivity index (χ1) is 8.93. The van der Waals surface area contributed by atoms with E-state index in [1.165, 1.54) is 0 Å². The number of allylic oxidation sites excluding steroid dienone is 3. The molecule has 1 aliphatic heterocycles. The summed E-state index contributed by atoms with van der Waals surface area (Å²) in [5, 5.41) is 19.7. The lowest BCUT2D eigenvalue weighted by Crippen LogP contribution is -2.42. The Labute approximate surface area is 116 Å². The zero-order valence-electron chi connectivity index (χ0n) is 12.2. The first-order valence-corrected chi connectivity index (χ1v) is 6.81. The van der Waals surface area contributed by atoms with Gasteiger partial charge in [-0.1, -0.05) is 20.4 Å². The molecule has 19 heavy (non-hydrogen) atoms. The molecule has 0 aromatic carbocycles. The molecule has 1 fully saturated rings. The van der Waals surface area contributed by atoms with E-state index < -0.39 is 0 Å². The molecule has 1 saturated heterocycles. The number of nitriles is 1. The fourth-order valence-electron chi connectivity index (χ4n) is 2.20. The third-order valence-electron chi connectivity index (χ3n) is 3.45. The molecule has 0 spiro atoms. The Hall–Kier alpha value is -1.76. The summed E-state index contributed by atoms with van der Waals surface area (Å²) in [6.07, 6.45) is 3.78. The van der Waals surface area contributed by atoms with Crippen LogP contribution < -0.4 is 5.32 Å². The maximum absolute atomic E-state index is 8.70. The highest BCUT2D eigenvalue weighted by Crippen LogP contribution is 2.17. The number of nitrogens with zero attached hydrogens (tertiary/aromatic N) is 2. The molecule has 1 heterocycles. The van der Waals surface area contributed by atoms with Gasteiger partial charge in [0, 0.05) is 30.5 Å². The minimum Gasteiger partial charge on any atom is -0.385 e. The van der Waals surface area contributed by atoms with Crippen LogP contribution in [0.4, 0.5) is 0 Å². The molecule has 1 rings (SSSR count). The van der Waals surface area contributed by atoms with Crippen LogP contribution >= 0.6 is 0 Å². The van der Waals surface area contributed by atoms with Gasteiger partial charge >= 0.3 is 0 Å². The molecule has 0 aromatic rings. The van der Waals surface area contributed by atoms with E-state index in [9.17, 15) is 0 Å². The van der Waals surface area contributed by atoms with Gasteiger partial charge in [0.1, 0.15) is 11.8 Å². The van der Waals surface area contributed by atoms with Crippen LogP contribution in [0.1, 0.15) is 33.6 Å². The van der Waals surface area contributed by atoms with Gasteiger partial charge in [0.2, 0.25) is 0 Å². The summed E-state index contributed by atoms with van der Waals surface area (Å²) in [6, 6.07) is 2.28. The second-order valence-electron chi connectivity index (χ2n) is 5.42. The van der Waals surface area contributed by atoms with Gasteiger partial charge in [-0.05, 0) is 31.8 Å². The molecule has 0 unspecified atom stereocenters. The zero-order valence-corrected chi connectivity index (χ0v) is 12.2. The lowest BCUT2D eigenvalue weighted by atomic mass is 10.0. The van der Waals surface area contributed by atoms with Crippen molar-refractivity contribution in [1.82, 2.24) is 10.2 Å². The summed E-state index contributed by atoms with van der Waals surface area (Å²) in [5.74, 6) is 0.299. The van der Waals surface area contributed by atoms with Crippen molar-refractivity contribution in [2.24, 2.45) is 5.92 Å². The first-order valence-electron chi connectivity index (χ1n) is 6.81. The monoisotopic (exact) mass is 260 g/mol. The molecule has 0 aromatic heterocycles. The predicted molar refractivity (Wildman–Crippen MR) is 78.8 cm³/mol. The molecule has 0 atom stereocenters. The van der Waals surface area contributed by atoms with E-state index in [1.807, 2.05) is 13.0 Å². The van der Waals surface area contributed by atoms with Crippen molar-refractivity contribution in [2.45, 2.75) is 39.7 Å². The molecule has 104 valence electrons. The Morgan fingerprint density at radius 1 is 1.47 bits per heavy atom. The second-order valence-corrected chi connectivity index (χ2v) is 5.42. The minimum atomic E-state index is 0.00979. The maximum Gasteiger partial charge on any atom is 0.133 e. The van der Waals surface area contributed by atoms with E-state index in [4.69, 9.17) is 10.7 Å². The van der Waals surface area contributed by atoms with Crippen LogP contribution in [0.3, 0.4) is 0 Å². The Morgan fingerprint density at radius 3 is 2.47 bits per heavy atom. The summed E-state index contributed by atoms with van der Waals surface area (Å²) in [5.41, 5.74) is 2.13. The van der Waals surface area contributed by atoms with Crippen LogP contribution in [-0.4, -0.2) is 29.7 Å². The molecule has 4 nitrogen and oxygen atoms in total. The topological polar surface area (TPSA) is 62.9 Å². The third kappa shape index (κ3) is 4.78. The number of nitrogens with one attached hydrogen (secondary N) is 2. The lowest BCUT2D eigenvalue weighted by molar-refractivity contribution is 0.248. The fraction of sp³-hybridized carbons (Fsp3) is 0.600. The van der Waals surface area contributed by atoms with E-state index >= 15 is 0 Å². The molecule has 4 heteroatoms. The number of hydrogen-bond donors (Lipinski definition) is 2. The summed E-state index contributed by atoms with van der Waals surface area (Å²) < 4.78 is 0. The van der Waals surface area contributed by atoms with Gasteiger partial charge in [-0.3, -0.25) is 5.41 Å². The lowest BCUT2D eigenvalue weighted by Gasteiger charge is -2.35. The molecule has 1 aliphatic rings. The Morgan fingerprint density at radius 2 is 2.05 bits per heavy atom. The van der Waals surface area contributed by atoms with Crippen LogP contribution in [0, 0.1) is 22.7 Å². The maximum atomic E-state index is 8.70. The van der Waals surface area contributed by atoms with E-state index in [0.29, 0.717) is 12.0 Å². The number of likely N-dealkylation sites (tertiary alicyclic amines) is 1. The summed E-state index contributed by atoms with van der Waals surface area (Å²) >= 11 is 0. The van der Waals surface area contributed by atoms with Crippen molar-refractivity contribution in [3.05, 3.63) is 24.0 Å². The molecule has 0 bridgehead atoms. The molecule has 0 aliphatic carbocycles. The smallest absolute Gasteiger partial charge is 0.133 e. The largest absolute Gasteiger partial charge is 0.385 e. The molecule has 0 amide bonds. The minimum absolute atomic E-state index is 0.00979. The molecular weight excluding hydrogens is 236 g/mol. The van der Waals surface area contributed by atoms with Gasteiger partial charge in [-0.25, -0.2) is 0 Å². The summed E-state index contributed by atoms with van der Waals surface area (Å²) in [6.45, 7) is 12.2. The predicted octanol–water partition coefficient (Wildman–Crippen LogP) is 2.66. The van der Waals surface area contributed by atoms with Crippen LogP contribution in [0.5, 0.6) is 0 Å². The Bertz CT molecular complexity index is 406. The van der Waals surface area contributed by atoms with Crippen LogP contribution in [0.15, 0.2) is 24.0 Å². The highest BCUT2D eigenvalue weighted by molar-refractivity contribution is 6.05. The van der Waals surface area contributed by atoms with E-state index in [1.54, 1.807) is 6.08 Å². The van der Waals surface area contributed by atoms with E-state index in [2.05, 4.69) is 30.6 Å². The Balaban J connectivity index is 2.59. The second kappa shape index (κ2) is 6.98. The normalized spacial score (nSPS) is 17.2. The van der Waals surface area contributed by atoms with Crippen LogP contribution in [-0.2, 0) is 0 Å². The van der Waals surface area contributed by atoms with Crippen molar-refractivity contribution >= 4 is 5.71 Å². The SMILES string of the molecule is C=C(C)N1CCC(N/C(=C\C(=N)C#N)C(C)C)CC1. The van der Waals surface area contributed by atoms with E-state index in [0.717, 1.165) is 37.3 Å². The van der Waals surface area contributed by atoms with Gasteiger partial charge in [-0.2, -0.15) is 5.26 Å². The van der Waals surface area contributed by atoms with Crippen molar-refractivity contribution in [1.29, 1.82) is 10.7 Å². The first kappa shape index (κ1) is 15.3. The van der Waals surface area contributed by atoms with Crippen molar-refractivity contribution in [3.63, 3.8) is 0 Å². The third-order valence-corrected chi connectivity index (χ3v) is 3.45. The van der Waals surface area contributed by atoms with E-state index in [-0.39, 0.29) is 5.71 Å². The summed E-state index contributed by atoms with van der Waals surface area (Å²) in [7, 11) is 0. The molecule has 2 N–H and O–H groups in total. The van der Waals surface area contributed by atoms with Gasteiger partial charge in [0.25, 0.3) is 0 Å². The van der Waals surface area contributed by atoms with Gasteiger partial charge in [0.15, 0.2) is 0 Å². The highest BCUT2D eigenvalue weighted by Gasteiger charge is 2.20. The zero-order chi connectivity index (χ0) is 14.4. The van der Waals surface area contributed by atoms with Crippen LogP contribution in [0.2, 0.25) is 0 Å². The quantitative estimate of drug-likeness (QED) is 0.747. The van der Waals surface area contributed by atoms with Crippen molar-refractivity contribution in [3.8, 4) is 6.07 Å². The Kier molecular flexibility index (Phi) is 5.62. The van der Waals surface area contributed by atoms with Gasteiger partial charge in [0.05, 0.1) is 0 Å². The molecular formula is C15H24N4. The van der Waals surface area contributed by atoms with Crippen LogP contribution in [0.25, 0.3) is 0 Å². The molecule has 0 radical (unpaired) electrons. The number of hydrogen-bond acceptors (Lipinski definition) is 4. The van der Waals surface area contributed by atoms with Gasteiger partial charge in [-0.15, -0.1) is 0 Å². The number of rotatable bonds is 5. The average molecular weight is 260 g/mol. The fourth-order valence-corrected chi connectivity index (χ4v) is 2.20. The van der Waals surface area contributed by atoms with Crippen molar-refractivity contribution in [2.75, 3.05) is 13.1 Å². The highest BCUT2D eigenvalue weighted by atomic mass is 15.1. The standard InChI is InChI=1S/C15H24N4/c1-11(2)15(9-13(17)10-16)18-14-5-7-19(8-6-14)12(3)4/h9,11,14,17-18H,3,5-8H2,1-2,4H3/b15-9-,17-13?. The molecule has 0 saturated carbocycles. The van der Waals surface area contributed by atoms with Crippen molar-refractivity contribution < 1.29 is 0 Å². The summed E-state index contributed by atoms with van der Waals surface area (Å²) in [4.78, 5) is 2.30. The average Bonchev–Trinajstić information content (AvgIpc) is 2.38. The number of piperidine rings is 1. The van der Waals surface area contributed by atoms with Gasteiger partial charge < -0.3 is 10.2 Å².